The summed E-state index contributed by atoms with van der Waals surface area (Å²) in [4.78, 5) is 0. The molecular weight excluding hydrogens is 578 g/mol. The van der Waals surface area contributed by atoms with Gasteiger partial charge in [0.2, 0.25) is 0 Å². The number of halogens is 2. The molecule has 159 valence electrons. The topological polar surface area (TPSA) is 0 Å². The van der Waals surface area contributed by atoms with Crippen LogP contribution in [-0.2, 0) is 22.8 Å². The van der Waals surface area contributed by atoms with Gasteiger partial charge in [0.25, 0.3) is 0 Å². The van der Waals surface area contributed by atoms with Crippen molar-refractivity contribution in [2.75, 3.05) is 0 Å². The quantitative estimate of drug-likeness (QED) is 0.314. The Bertz CT molecular complexity index is 908. The molecule has 0 nitrogen and oxygen atoms in total. The monoisotopic (exact) mass is 615 g/mol. The van der Waals surface area contributed by atoms with E-state index in [9.17, 15) is 0 Å². The second-order valence-corrected chi connectivity index (χ2v) is 31.7. The Balaban J connectivity index is 0.00000210. The maximum absolute atomic E-state index is 2.99. The van der Waals surface area contributed by atoms with Crippen LogP contribution in [0.1, 0.15) is 61.0 Å². The molecule has 0 aromatic heterocycles. The fourth-order valence-electron chi connectivity index (χ4n) is 5.55. The molecule has 0 aliphatic heterocycles. The van der Waals surface area contributed by atoms with Gasteiger partial charge in [-0.15, -0.1) is 24.8 Å². The number of benzene rings is 1. The normalized spacial score (nSPS) is 24.0. The van der Waals surface area contributed by atoms with Crippen molar-refractivity contribution >= 4 is 31.8 Å². The molecule has 2 atom stereocenters. The SMILES string of the molecule is CC1=C(C)C(C)[C]([Hf](=[SiH2])([CH2]c2ccccc2)[C]2=C(C)C(C)=C(C)C2C)=C1C.Cl.Cl. The van der Waals surface area contributed by atoms with Crippen LogP contribution in [0.25, 0.3) is 0 Å². The van der Waals surface area contributed by atoms with Crippen LogP contribution in [-0.4, -0.2) is 6.94 Å². The standard InChI is InChI=1S/2C9H13.C7H7.2ClH.Hf.H2Si/c2*1-6-5-7(2)9(4)8(6)3;1-7-5-3-2-4-6-7;;;;/h2*6H,1-4H3;2-6H,1H2;2*1H;;1H2. The molecule has 2 aliphatic carbocycles. The summed E-state index contributed by atoms with van der Waals surface area (Å²) in [5.74, 6) is 1.25. The van der Waals surface area contributed by atoms with Crippen LogP contribution < -0.4 is 0 Å². The second-order valence-electron chi connectivity index (χ2n) is 8.88. The Morgan fingerprint density at radius 2 is 1.07 bits per heavy atom. The van der Waals surface area contributed by atoms with Gasteiger partial charge in [0.15, 0.2) is 0 Å². The third-order valence-corrected chi connectivity index (χ3v) is 32.8. The number of hydrogen-bond acceptors (Lipinski definition) is 0. The molecular formula is C25H37Cl2HfSi. The summed E-state index contributed by atoms with van der Waals surface area (Å²) in [6.45, 7) is 21.7. The largest absolute Gasteiger partial charge is 0.147 e. The molecule has 0 saturated heterocycles. The molecule has 29 heavy (non-hydrogen) atoms. The third kappa shape index (κ3) is 4.42. The zero-order valence-corrected chi connectivity index (χ0v) is 25.9. The molecule has 2 unspecified atom stereocenters. The smallest absolute Gasteiger partial charge is 0.147 e. The van der Waals surface area contributed by atoms with Crippen LogP contribution >= 0.6 is 24.8 Å². The average molecular weight is 615 g/mol. The van der Waals surface area contributed by atoms with E-state index >= 15 is 0 Å². The fraction of sp³-hybridized carbons (Fsp3) is 0.440. The first kappa shape index (κ1) is 26.9. The van der Waals surface area contributed by atoms with Gasteiger partial charge in [-0.05, 0) is 0 Å². The number of rotatable bonds is 4. The maximum atomic E-state index is 2.47. The van der Waals surface area contributed by atoms with E-state index in [4.69, 9.17) is 0 Å². The maximum Gasteiger partial charge on any atom is -0.147 e. The zero-order chi connectivity index (χ0) is 20.1. The fourth-order valence-corrected chi connectivity index (χ4v) is 37.0. The number of hydrogen-bond donors (Lipinski definition) is 0. The number of allylic oxidation sites excluding steroid dienone is 8. The molecule has 1 aromatic rings. The van der Waals surface area contributed by atoms with Gasteiger partial charge in [-0.25, -0.2) is 0 Å². The minimum Gasteiger partial charge on any atom is -0.147 e. The molecule has 0 spiro atoms. The first-order valence-corrected chi connectivity index (χ1v) is 24.7. The third-order valence-electron chi connectivity index (χ3n) is 7.66. The minimum absolute atomic E-state index is 0. The first-order chi connectivity index (χ1) is 12.6. The zero-order valence-electron chi connectivity index (χ0n) is 19.3. The predicted octanol–water partition coefficient (Wildman–Crippen LogP) is 7.25. The molecule has 0 fully saturated rings. The van der Waals surface area contributed by atoms with Gasteiger partial charge in [0, 0.05) is 0 Å². The minimum atomic E-state index is -2.99. The van der Waals surface area contributed by atoms with Gasteiger partial charge in [0.1, 0.15) is 0 Å². The predicted molar refractivity (Wildman–Crippen MR) is 134 cm³/mol. The molecule has 0 heterocycles. The molecule has 1 aromatic carbocycles. The van der Waals surface area contributed by atoms with Crippen molar-refractivity contribution < 1.29 is 18.6 Å². The summed E-state index contributed by atoms with van der Waals surface area (Å²) in [7, 11) is 0. The van der Waals surface area contributed by atoms with E-state index in [0.29, 0.717) is 11.8 Å². The van der Waals surface area contributed by atoms with Gasteiger partial charge < -0.3 is 0 Å². The van der Waals surface area contributed by atoms with Crippen LogP contribution in [0.5, 0.6) is 0 Å². The molecule has 0 radical (unpaired) electrons. The summed E-state index contributed by atoms with van der Waals surface area (Å²) >= 11 is -2.99. The van der Waals surface area contributed by atoms with Gasteiger partial charge in [0.05, 0.1) is 0 Å². The van der Waals surface area contributed by atoms with E-state index < -0.39 is 18.6 Å². The van der Waals surface area contributed by atoms with Crippen LogP contribution in [0.3, 0.4) is 0 Å². The van der Waals surface area contributed by atoms with E-state index in [2.05, 4.69) is 92.7 Å². The van der Waals surface area contributed by atoms with Crippen LogP contribution in [0.15, 0.2) is 70.4 Å². The average Bonchev–Trinajstić information content (AvgIpc) is 2.96. The van der Waals surface area contributed by atoms with Crippen LogP contribution in [0, 0.1) is 11.8 Å². The molecule has 2 aliphatic rings. The van der Waals surface area contributed by atoms with Crippen molar-refractivity contribution in [1.29, 1.82) is 0 Å². The second kappa shape index (κ2) is 9.98. The van der Waals surface area contributed by atoms with Crippen LogP contribution in [0.4, 0.5) is 0 Å². The van der Waals surface area contributed by atoms with Crippen molar-refractivity contribution in [3.63, 3.8) is 0 Å². The van der Waals surface area contributed by atoms with Crippen molar-refractivity contribution in [2.24, 2.45) is 11.8 Å². The summed E-state index contributed by atoms with van der Waals surface area (Å²) < 4.78 is 5.06. The van der Waals surface area contributed by atoms with Gasteiger partial charge in [-0.2, -0.15) is 0 Å². The molecule has 0 bridgehead atoms. The first-order valence-electron chi connectivity index (χ1n) is 10.3. The Hall–Kier alpha value is -0.153. The Labute approximate surface area is 196 Å². The summed E-state index contributed by atoms with van der Waals surface area (Å²) in [6, 6.07) is 11.3. The molecule has 0 N–H and O–H groups in total. The van der Waals surface area contributed by atoms with E-state index in [-0.39, 0.29) is 24.8 Å². The Morgan fingerprint density at radius 1 is 0.690 bits per heavy atom. The van der Waals surface area contributed by atoms with Gasteiger partial charge in [-0.3, -0.25) is 0 Å². The summed E-state index contributed by atoms with van der Waals surface area (Å²) in [6.07, 6.45) is 0. The Morgan fingerprint density at radius 3 is 1.38 bits per heavy atom. The van der Waals surface area contributed by atoms with E-state index in [0.717, 1.165) is 0 Å². The van der Waals surface area contributed by atoms with Crippen molar-refractivity contribution in [3.8, 4) is 0 Å². The van der Waals surface area contributed by atoms with Gasteiger partial charge in [-0.1, -0.05) is 0 Å². The molecule has 0 amide bonds. The molecule has 0 saturated carbocycles. The molecule has 3 rings (SSSR count). The van der Waals surface area contributed by atoms with Crippen LogP contribution in [0.2, 0.25) is 0 Å². The molecule has 4 heteroatoms. The van der Waals surface area contributed by atoms with Crippen molar-refractivity contribution in [1.82, 2.24) is 0 Å². The van der Waals surface area contributed by atoms with E-state index in [1.54, 1.807) is 39.0 Å². The van der Waals surface area contributed by atoms with Crippen molar-refractivity contribution in [2.45, 2.75) is 59.6 Å². The van der Waals surface area contributed by atoms with Gasteiger partial charge >= 0.3 is 173 Å². The summed E-state index contributed by atoms with van der Waals surface area (Å²) in [5.41, 5.74) is 11.1. The van der Waals surface area contributed by atoms with E-state index in [1.807, 2.05) is 6.66 Å². The van der Waals surface area contributed by atoms with Crippen molar-refractivity contribution in [3.05, 3.63) is 76.0 Å². The summed E-state index contributed by atoms with van der Waals surface area (Å²) in [5, 5.41) is 0. The Kier molecular flexibility index (Phi) is 9.25. The van der Waals surface area contributed by atoms with E-state index in [1.165, 1.54) is 4.18 Å².